The van der Waals surface area contributed by atoms with Crippen LogP contribution in [0.5, 0.6) is 0 Å². The molecular weight excluding hydrogens is 189 g/mol. The second kappa shape index (κ2) is 6.85. The second-order valence-corrected chi connectivity index (χ2v) is 2.69. The van der Waals surface area contributed by atoms with Crippen LogP contribution in [0, 0.1) is 5.92 Å². The van der Waals surface area contributed by atoms with Gasteiger partial charge in [-0.15, -0.1) is 5.76 Å². The quantitative estimate of drug-likeness (QED) is 0.603. The zero-order chi connectivity index (χ0) is 6.69. The first-order chi connectivity index (χ1) is 4.33. The topological polar surface area (TPSA) is 23.1 Å². The van der Waals surface area contributed by atoms with Crippen molar-refractivity contribution in [3.05, 3.63) is 11.8 Å². The molecule has 0 fully saturated rings. The van der Waals surface area contributed by atoms with Gasteiger partial charge in [0.2, 0.25) is 0 Å². The van der Waals surface area contributed by atoms with Crippen molar-refractivity contribution >= 4 is 0 Å². The third-order valence-corrected chi connectivity index (χ3v) is 1.94. The molecule has 0 radical (unpaired) electrons. The summed E-state index contributed by atoms with van der Waals surface area (Å²) in [5, 5.41) is 10.8. The van der Waals surface area contributed by atoms with Gasteiger partial charge in [-0.1, -0.05) is 20.4 Å². The number of hydrogen-bond donors (Lipinski definition) is 0. The average Bonchev–Trinajstić information content (AvgIpc) is 1.88. The minimum absolute atomic E-state index is 0. The van der Waals surface area contributed by atoms with E-state index in [1.54, 1.807) is 0 Å². The first-order valence-corrected chi connectivity index (χ1v) is 3.70. The van der Waals surface area contributed by atoms with Crippen LogP contribution in [0.15, 0.2) is 11.8 Å². The molecule has 62 valence electrons. The minimum atomic E-state index is 0. The van der Waals surface area contributed by atoms with Crippen LogP contribution in [0.4, 0.5) is 0 Å². The SMILES string of the molecule is C.CC[C@@H]1C=C([O-])CCC1.[Zn]. The van der Waals surface area contributed by atoms with Crippen LogP contribution in [0.3, 0.4) is 0 Å². The molecule has 0 aromatic heterocycles. The molecule has 2 heteroatoms. The molecule has 0 unspecified atom stereocenters. The Labute approximate surface area is 82.6 Å². The van der Waals surface area contributed by atoms with Gasteiger partial charge in [0, 0.05) is 19.5 Å². The van der Waals surface area contributed by atoms with Gasteiger partial charge in [0.25, 0.3) is 0 Å². The predicted molar refractivity (Wildman–Crippen MR) is 42.4 cm³/mol. The van der Waals surface area contributed by atoms with Gasteiger partial charge in [-0.25, -0.2) is 0 Å². The van der Waals surface area contributed by atoms with Gasteiger partial charge >= 0.3 is 0 Å². The monoisotopic (exact) mass is 205 g/mol. The van der Waals surface area contributed by atoms with Crippen molar-refractivity contribution < 1.29 is 24.6 Å². The molecule has 1 aliphatic rings. The van der Waals surface area contributed by atoms with E-state index in [0.29, 0.717) is 11.7 Å². The molecule has 0 bridgehead atoms. The van der Waals surface area contributed by atoms with Crippen LogP contribution in [-0.2, 0) is 19.5 Å². The molecule has 0 aromatic carbocycles. The summed E-state index contributed by atoms with van der Waals surface area (Å²) >= 11 is 0. The largest absolute Gasteiger partial charge is 0.876 e. The maximum absolute atomic E-state index is 10.8. The summed E-state index contributed by atoms with van der Waals surface area (Å²) in [6.45, 7) is 2.14. The molecule has 1 nitrogen and oxygen atoms in total. The zero-order valence-corrected chi connectivity index (χ0v) is 9.57. The standard InChI is InChI=1S/C8H14O.CH4.Zn/c1-2-7-4-3-5-8(9)6-7;;/h6-7,9H,2-5H2,1H3;1H4;/p-1/t7-;;/m0../s1. The molecule has 1 atom stereocenters. The van der Waals surface area contributed by atoms with Crippen LogP contribution in [0.1, 0.15) is 40.0 Å². The Bertz CT molecular complexity index is 121. The first-order valence-electron chi connectivity index (χ1n) is 3.70. The Kier molecular flexibility index (Phi) is 8.55. The van der Waals surface area contributed by atoms with E-state index < -0.39 is 0 Å². The van der Waals surface area contributed by atoms with Crippen molar-refractivity contribution in [2.45, 2.75) is 40.0 Å². The van der Waals surface area contributed by atoms with Crippen LogP contribution in [-0.4, -0.2) is 0 Å². The fraction of sp³-hybridized carbons (Fsp3) is 0.778. The molecule has 0 heterocycles. The first kappa shape index (κ1) is 13.7. The molecule has 0 spiro atoms. The van der Waals surface area contributed by atoms with Crippen molar-refractivity contribution in [2.24, 2.45) is 5.92 Å². The van der Waals surface area contributed by atoms with Crippen LogP contribution < -0.4 is 5.11 Å². The number of allylic oxidation sites excluding steroid dienone is 2. The maximum atomic E-state index is 10.8. The maximum Gasteiger partial charge on any atom is 0 e. The predicted octanol–water partition coefficient (Wildman–Crippen LogP) is 2.07. The van der Waals surface area contributed by atoms with E-state index in [9.17, 15) is 5.11 Å². The molecule has 1 aliphatic carbocycles. The molecular formula is C9H17OZn-. The van der Waals surface area contributed by atoms with Crippen LogP contribution in [0.25, 0.3) is 0 Å². The summed E-state index contributed by atoms with van der Waals surface area (Å²) < 4.78 is 0. The van der Waals surface area contributed by atoms with Gasteiger partial charge < -0.3 is 5.11 Å². The molecule has 11 heavy (non-hydrogen) atoms. The minimum Gasteiger partial charge on any atom is -0.876 e. The van der Waals surface area contributed by atoms with E-state index in [1.165, 1.54) is 6.42 Å². The molecule has 0 saturated heterocycles. The van der Waals surface area contributed by atoms with Crippen molar-refractivity contribution in [3.63, 3.8) is 0 Å². The van der Waals surface area contributed by atoms with Crippen molar-refractivity contribution in [2.75, 3.05) is 0 Å². The molecule has 0 saturated carbocycles. The molecule has 0 aromatic rings. The molecule has 0 aliphatic heterocycles. The van der Waals surface area contributed by atoms with Gasteiger partial charge in [0.05, 0.1) is 0 Å². The number of rotatable bonds is 1. The van der Waals surface area contributed by atoms with E-state index in [4.69, 9.17) is 0 Å². The third-order valence-electron chi connectivity index (χ3n) is 1.94. The number of hydrogen-bond acceptors (Lipinski definition) is 1. The summed E-state index contributed by atoms with van der Waals surface area (Å²) in [4.78, 5) is 0. The van der Waals surface area contributed by atoms with Gasteiger partial charge in [0.1, 0.15) is 0 Å². The fourth-order valence-electron chi connectivity index (χ4n) is 1.29. The van der Waals surface area contributed by atoms with Crippen molar-refractivity contribution in [3.8, 4) is 0 Å². The van der Waals surface area contributed by atoms with Gasteiger partial charge in [-0.2, -0.15) is 0 Å². The Morgan fingerprint density at radius 3 is 2.64 bits per heavy atom. The van der Waals surface area contributed by atoms with Crippen LogP contribution >= 0.6 is 0 Å². The third kappa shape index (κ3) is 4.58. The Morgan fingerprint density at radius 2 is 2.27 bits per heavy atom. The van der Waals surface area contributed by atoms with Gasteiger partial charge in [-0.3, -0.25) is 0 Å². The summed E-state index contributed by atoms with van der Waals surface area (Å²) in [7, 11) is 0. The normalized spacial score (nSPS) is 22.6. The second-order valence-electron chi connectivity index (χ2n) is 2.69. The van der Waals surface area contributed by atoms with Crippen LogP contribution in [0.2, 0.25) is 0 Å². The Morgan fingerprint density at radius 1 is 1.64 bits per heavy atom. The molecule has 0 amide bonds. The Hall–Kier alpha value is 0.163. The van der Waals surface area contributed by atoms with E-state index >= 15 is 0 Å². The van der Waals surface area contributed by atoms with Gasteiger partial charge in [-0.05, 0) is 31.6 Å². The van der Waals surface area contributed by atoms with Crippen molar-refractivity contribution in [1.29, 1.82) is 0 Å². The smallest absolute Gasteiger partial charge is 0 e. The van der Waals surface area contributed by atoms with E-state index in [1.807, 2.05) is 6.08 Å². The van der Waals surface area contributed by atoms with E-state index in [0.717, 1.165) is 19.3 Å². The van der Waals surface area contributed by atoms with Gasteiger partial charge in [0.15, 0.2) is 0 Å². The zero-order valence-electron chi connectivity index (χ0n) is 6.60. The average molecular weight is 207 g/mol. The van der Waals surface area contributed by atoms with E-state index in [2.05, 4.69) is 6.92 Å². The molecule has 0 N–H and O–H groups in total. The summed E-state index contributed by atoms with van der Waals surface area (Å²) in [6, 6.07) is 0. The molecule has 1 rings (SSSR count). The fourth-order valence-corrected chi connectivity index (χ4v) is 1.29. The van der Waals surface area contributed by atoms with Crippen molar-refractivity contribution in [1.82, 2.24) is 0 Å². The summed E-state index contributed by atoms with van der Waals surface area (Å²) in [5.41, 5.74) is 0. The summed E-state index contributed by atoms with van der Waals surface area (Å²) in [6.07, 6.45) is 6.14. The summed E-state index contributed by atoms with van der Waals surface area (Å²) in [5.74, 6) is 0.944. The Balaban J connectivity index is 0. The van der Waals surface area contributed by atoms with E-state index in [-0.39, 0.29) is 26.9 Å².